The standard InChI is InChI=1S/C30H29N3O3/c31-27-18-26(27)22-13-15-24(16-14-22)32-29(34)28(33-30(35)36-19-20-7-2-1-3-8-20)17-23-11-6-10-21-9-4-5-12-25(21)23/h1-16,26-28H,17-19,31H2,(H,32,34)(H,33,35)/t26-,27+,28?/m0/s1. The van der Waals surface area contributed by atoms with Gasteiger partial charge in [0.2, 0.25) is 5.91 Å². The summed E-state index contributed by atoms with van der Waals surface area (Å²) >= 11 is 0. The van der Waals surface area contributed by atoms with Crippen molar-refractivity contribution in [3.8, 4) is 0 Å². The Hall–Kier alpha value is -4.16. The highest BCUT2D eigenvalue weighted by molar-refractivity contribution is 5.97. The van der Waals surface area contributed by atoms with Crippen molar-refractivity contribution in [2.24, 2.45) is 5.73 Å². The molecule has 1 aliphatic rings. The normalized spacial score (nSPS) is 17.2. The fourth-order valence-electron chi connectivity index (χ4n) is 4.45. The number of nitrogens with two attached hydrogens (primary N) is 1. The van der Waals surface area contributed by atoms with E-state index in [1.54, 1.807) is 0 Å². The molecule has 0 aliphatic heterocycles. The minimum absolute atomic E-state index is 0.125. The summed E-state index contributed by atoms with van der Waals surface area (Å²) < 4.78 is 5.40. The predicted molar refractivity (Wildman–Crippen MR) is 142 cm³/mol. The zero-order valence-electron chi connectivity index (χ0n) is 19.9. The average Bonchev–Trinajstić information content (AvgIpc) is 3.64. The van der Waals surface area contributed by atoms with Gasteiger partial charge in [0.1, 0.15) is 12.6 Å². The summed E-state index contributed by atoms with van der Waals surface area (Å²) in [7, 11) is 0. The molecule has 0 bridgehead atoms. The van der Waals surface area contributed by atoms with E-state index in [1.807, 2.05) is 97.1 Å². The number of alkyl carbamates (subject to hydrolysis) is 1. The van der Waals surface area contributed by atoms with Gasteiger partial charge in [0, 0.05) is 24.1 Å². The maximum Gasteiger partial charge on any atom is 0.408 e. The zero-order chi connectivity index (χ0) is 24.9. The van der Waals surface area contributed by atoms with Crippen molar-refractivity contribution in [1.29, 1.82) is 0 Å². The molecule has 0 heterocycles. The van der Waals surface area contributed by atoms with E-state index in [0.717, 1.165) is 28.3 Å². The Labute approximate surface area is 210 Å². The van der Waals surface area contributed by atoms with Gasteiger partial charge in [-0.15, -0.1) is 0 Å². The smallest absolute Gasteiger partial charge is 0.408 e. The van der Waals surface area contributed by atoms with Gasteiger partial charge in [0.25, 0.3) is 0 Å². The maximum absolute atomic E-state index is 13.3. The number of carbonyl (C=O) groups excluding carboxylic acids is 2. The van der Waals surface area contributed by atoms with Crippen molar-refractivity contribution in [3.63, 3.8) is 0 Å². The lowest BCUT2D eigenvalue weighted by Crippen LogP contribution is -2.45. The number of nitrogens with one attached hydrogen (secondary N) is 2. The van der Waals surface area contributed by atoms with Crippen LogP contribution in [0.1, 0.15) is 29.0 Å². The number of hydrogen-bond donors (Lipinski definition) is 3. The van der Waals surface area contributed by atoms with Gasteiger partial charge in [-0.3, -0.25) is 4.79 Å². The van der Waals surface area contributed by atoms with Gasteiger partial charge in [-0.25, -0.2) is 4.79 Å². The molecule has 2 amide bonds. The first-order valence-electron chi connectivity index (χ1n) is 12.2. The number of fused-ring (bicyclic) bond motifs is 1. The van der Waals surface area contributed by atoms with Crippen molar-refractivity contribution in [3.05, 3.63) is 114 Å². The number of benzene rings is 4. The number of ether oxygens (including phenoxy) is 1. The number of rotatable bonds is 8. The molecule has 4 N–H and O–H groups in total. The van der Waals surface area contributed by atoms with Crippen LogP contribution in [0.4, 0.5) is 10.5 Å². The quantitative estimate of drug-likeness (QED) is 0.327. The molecule has 5 rings (SSSR count). The second-order valence-electron chi connectivity index (χ2n) is 9.22. The third-order valence-corrected chi connectivity index (χ3v) is 6.57. The Kier molecular flexibility index (Phi) is 6.96. The second kappa shape index (κ2) is 10.6. The fraction of sp³-hybridized carbons (Fsp3) is 0.200. The van der Waals surface area contributed by atoms with E-state index in [2.05, 4.69) is 10.6 Å². The minimum Gasteiger partial charge on any atom is -0.445 e. The van der Waals surface area contributed by atoms with Gasteiger partial charge in [-0.1, -0.05) is 84.9 Å². The van der Waals surface area contributed by atoms with Crippen LogP contribution in [0.5, 0.6) is 0 Å². The van der Waals surface area contributed by atoms with Gasteiger partial charge in [-0.05, 0) is 46.0 Å². The van der Waals surface area contributed by atoms with Gasteiger partial charge in [0.05, 0.1) is 0 Å². The van der Waals surface area contributed by atoms with Crippen molar-refractivity contribution in [2.75, 3.05) is 5.32 Å². The highest BCUT2D eigenvalue weighted by Crippen LogP contribution is 2.39. The number of carbonyl (C=O) groups is 2. The largest absolute Gasteiger partial charge is 0.445 e. The number of amides is 2. The van der Waals surface area contributed by atoms with Crippen molar-refractivity contribution in [2.45, 2.75) is 37.5 Å². The summed E-state index contributed by atoms with van der Waals surface area (Å²) in [4.78, 5) is 26.0. The van der Waals surface area contributed by atoms with E-state index in [-0.39, 0.29) is 18.6 Å². The van der Waals surface area contributed by atoms with Crippen LogP contribution >= 0.6 is 0 Å². The SMILES string of the molecule is N[C@@H]1C[C@H]1c1ccc(NC(=O)C(Cc2cccc3ccccc23)NC(=O)OCc2ccccc2)cc1. The lowest BCUT2D eigenvalue weighted by Gasteiger charge is -2.19. The van der Waals surface area contributed by atoms with Crippen LogP contribution in [0.2, 0.25) is 0 Å². The minimum atomic E-state index is -0.824. The summed E-state index contributed by atoms with van der Waals surface area (Å²) in [5.74, 6) is 0.0883. The molecule has 0 radical (unpaired) electrons. The first kappa shape index (κ1) is 23.6. The van der Waals surface area contributed by atoms with Gasteiger partial charge in [-0.2, -0.15) is 0 Å². The molecular formula is C30H29N3O3. The van der Waals surface area contributed by atoms with Crippen LogP contribution in [0.3, 0.4) is 0 Å². The van der Waals surface area contributed by atoms with Crippen molar-refractivity contribution < 1.29 is 14.3 Å². The zero-order valence-corrected chi connectivity index (χ0v) is 19.9. The summed E-state index contributed by atoms with van der Waals surface area (Å²) in [6, 6.07) is 30.5. The Morgan fingerprint density at radius 1 is 0.889 bits per heavy atom. The highest BCUT2D eigenvalue weighted by Gasteiger charge is 2.34. The average molecular weight is 480 g/mol. The summed E-state index contributed by atoms with van der Waals surface area (Å²) in [6.45, 7) is 0.125. The molecule has 1 saturated carbocycles. The van der Waals surface area contributed by atoms with Crippen molar-refractivity contribution in [1.82, 2.24) is 5.32 Å². The lowest BCUT2D eigenvalue weighted by atomic mass is 9.98. The lowest BCUT2D eigenvalue weighted by molar-refractivity contribution is -0.118. The van der Waals surface area contributed by atoms with Crippen LogP contribution < -0.4 is 16.4 Å². The topological polar surface area (TPSA) is 93.5 Å². The van der Waals surface area contributed by atoms with Crippen LogP contribution in [-0.2, 0) is 22.6 Å². The third kappa shape index (κ3) is 5.73. The van der Waals surface area contributed by atoms with Gasteiger partial charge in [0.15, 0.2) is 0 Å². The Morgan fingerprint density at radius 3 is 2.33 bits per heavy atom. The molecule has 1 unspecified atom stereocenters. The summed E-state index contributed by atoms with van der Waals surface area (Å²) in [5.41, 5.74) is 9.64. The molecule has 0 spiro atoms. The molecule has 1 fully saturated rings. The Morgan fingerprint density at radius 2 is 1.58 bits per heavy atom. The van der Waals surface area contributed by atoms with E-state index < -0.39 is 12.1 Å². The fourth-order valence-corrected chi connectivity index (χ4v) is 4.45. The monoisotopic (exact) mass is 479 g/mol. The van der Waals surface area contributed by atoms with Crippen molar-refractivity contribution >= 4 is 28.5 Å². The molecule has 4 aromatic carbocycles. The van der Waals surface area contributed by atoms with E-state index >= 15 is 0 Å². The molecule has 182 valence electrons. The highest BCUT2D eigenvalue weighted by atomic mass is 16.5. The molecule has 36 heavy (non-hydrogen) atoms. The van der Waals surface area contributed by atoms with Gasteiger partial charge >= 0.3 is 6.09 Å². The van der Waals surface area contributed by atoms with E-state index in [1.165, 1.54) is 5.56 Å². The molecule has 0 saturated heterocycles. The molecular weight excluding hydrogens is 450 g/mol. The summed E-state index contributed by atoms with van der Waals surface area (Å²) in [6.07, 6.45) is 0.675. The van der Waals surface area contributed by atoms with E-state index in [9.17, 15) is 9.59 Å². The van der Waals surface area contributed by atoms with Crippen LogP contribution in [0.15, 0.2) is 97.1 Å². The number of anilines is 1. The predicted octanol–water partition coefficient (Wildman–Crippen LogP) is 5.13. The Balaban J connectivity index is 1.31. The molecule has 6 nitrogen and oxygen atoms in total. The third-order valence-electron chi connectivity index (χ3n) is 6.57. The molecule has 3 atom stereocenters. The van der Waals surface area contributed by atoms with Crippen LogP contribution in [0, 0.1) is 0 Å². The molecule has 6 heteroatoms. The molecule has 0 aromatic heterocycles. The second-order valence-corrected chi connectivity index (χ2v) is 9.22. The molecule has 4 aromatic rings. The first-order chi connectivity index (χ1) is 17.6. The van der Waals surface area contributed by atoms with Crippen LogP contribution in [-0.4, -0.2) is 24.1 Å². The van der Waals surface area contributed by atoms with E-state index in [4.69, 9.17) is 10.5 Å². The van der Waals surface area contributed by atoms with Gasteiger partial charge < -0.3 is 21.1 Å². The van der Waals surface area contributed by atoms with E-state index in [0.29, 0.717) is 18.0 Å². The number of hydrogen-bond acceptors (Lipinski definition) is 4. The Bertz CT molecular complexity index is 1350. The van der Waals surface area contributed by atoms with Crippen LogP contribution in [0.25, 0.3) is 10.8 Å². The maximum atomic E-state index is 13.3. The first-order valence-corrected chi connectivity index (χ1v) is 12.2. The summed E-state index contributed by atoms with van der Waals surface area (Å²) in [5, 5.41) is 7.85. The molecule has 1 aliphatic carbocycles.